The average Bonchev–Trinajstić information content (AvgIpc) is 2.49. The van der Waals surface area contributed by atoms with Crippen molar-refractivity contribution >= 4 is 11.6 Å². The summed E-state index contributed by atoms with van der Waals surface area (Å²) >= 11 is 5.97. The largest absolute Gasteiger partial charge is 0.372 e. The van der Waals surface area contributed by atoms with Crippen molar-refractivity contribution < 1.29 is 4.74 Å². The van der Waals surface area contributed by atoms with E-state index in [1.807, 2.05) is 24.3 Å². The minimum absolute atomic E-state index is 0.581. The van der Waals surface area contributed by atoms with Crippen LogP contribution in [0, 0.1) is 0 Å². The van der Waals surface area contributed by atoms with Crippen molar-refractivity contribution in [2.45, 2.75) is 33.1 Å². The van der Waals surface area contributed by atoms with E-state index in [-0.39, 0.29) is 0 Å². The number of ether oxygens (including phenoxy) is 1. The number of halogens is 1. The van der Waals surface area contributed by atoms with E-state index in [4.69, 9.17) is 16.3 Å². The van der Waals surface area contributed by atoms with E-state index in [0.717, 1.165) is 30.1 Å². The quantitative estimate of drug-likeness (QED) is 0.722. The van der Waals surface area contributed by atoms with Gasteiger partial charge >= 0.3 is 0 Å². The molecule has 2 rings (SSSR count). The fourth-order valence-electron chi connectivity index (χ4n) is 2.18. The molecule has 0 saturated heterocycles. The Balaban J connectivity index is 1.87. The Labute approximate surface area is 132 Å². The van der Waals surface area contributed by atoms with E-state index in [1.54, 1.807) is 0 Å². The van der Waals surface area contributed by atoms with Gasteiger partial charge < -0.3 is 10.1 Å². The maximum atomic E-state index is 5.97. The molecule has 1 N–H and O–H groups in total. The van der Waals surface area contributed by atoms with Crippen molar-refractivity contribution in [1.82, 2.24) is 5.32 Å². The summed E-state index contributed by atoms with van der Waals surface area (Å²) in [4.78, 5) is 0. The van der Waals surface area contributed by atoms with Crippen LogP contribution in [0.1, 0.15) is 30.0 Å². The van der Waals surface area contributed by atoms with Gasteiger partial charge in [-0.25, -0.2) is 0 Å². The highest BCUT2D eigenvalue weighted by atomic mass is 35.5. The summed E-state index contributed by atoms with van der Waals surface area (Å²) in [5, 5.41) is 4.18. The minimum atomic E-state index is 0.581. The molecule has 0 atom stereocenters. The van der Waals surface area contributed by atoms with Crippen molar-refractivity contribution in [3.8, 4) is 0 Å². The minimum Gasteiger partial charge on any atom is -0.372 e. The van der Waals surface area contributed by atoms with Gasteiger partial charge in [0.25, 0.3) is 0 Å². The summed E-state index contributed by atoms with van der Waals surface area (Å²) in [6, 6.07) is 16.2. The molecule has 0 aromatic heterocycles. The highest BCUT2D eigenvalue weighted by Gasteiger charge is 2.02. The zero-order chi connectivity index (χ0) is 14.9. The number of hydrogen-bond acceptors (Lipinski definition) is 2. The Hall–Kier alpha value is -1.35. The van der Waals surface area contributed by atoms with Crippen LogP contribution in [0.15, 0.2) is 48.5 Å². The van der Waals surface area contributed by atoms with Crippen molar-refractivity contribution in [2.75, 3.05) is 6.54 Å². The van der Waals surface area contributed by atoms with Crippen LogP contribution >= 0.6 is 11.6 Å². The molecule has 3 heteroatoms. The van der Waals surface area contributed by atoms with Crippen LogP contribution in [-0.4, -0.2) is 6.54 Å². The van der Waals surface area contributed by atoms with E-state index in [1.165, 1.54) is 11.1 Å². The highest BCUT2D eigenvalue weighted by molar-refractivity contribution is 6.30. The van der Waals surface area contributed by atoms with Crippen molar-refractivity contribution in [2.24, 2.45) is 0 Å². The highest BCUT2D eigenvalue weighted by Crippen LogP contribution is 2.14. The Morgan fingerprint density at radius 3 is 2.57 bits per heavy atom. The summed E-state index contributed by atoms with van der Waals surface area (Å²) in [6.07, 6.45) is 1.15. The van der Waals surface area contributed by atoms with Gasteiger partial charge in [0.05, 0.1) is 13.2 Å². The van der Waals surface area contributed by atoms with Gasteiger partial charge in [0.2, 0.25) is 0 Å². The number of rotatable bonds is 8. The fraction of sp³-hybridized carbons (Fsp3) is 0.333. The molecule has 0 unspecified atom stereocenters. The maximum absolute atomic E-state index is 5.97. The SMILES string of the molecule is CCCNCc1ccccc1COCc1cccc(Cl)c1. The van der Waals surface area contributed by atoms with Gasteiger partial charge in [-0.05, 0) is 41.8 Å². The van der Waals surface area contributed by atoms with Crippen LogP contribution in [0.25, 0.3) is 0 Å². The van der Waals surface area contributed by atoms with Crippen LogP contribution in [-0.2, 0) is 24.5 Å². The van der Waals surface area contributed by atoms with E-state index < -0.39 is 0 Å². The predicted molar refractivity (Wildman–Crippen MR) is 88.4 cm³/mol. The molecule has 0 radical (unpaired) electrons. The van der Waals surface area contributed by atoms with Crippen molar-refractivity contribution in [3.05, 3.63) is 70.2 Å². The predicted octanol–water partition coefficient (Wildman–Crippen LogP) is 4.56. The van der Waals surface area contributed by atoms with E-state index in [9.17, 15) is 0 Å². The first-order chi connectivity index (χ1) is 10.3. The van der Waals surface area contributed by atoms with E-state index in [2.05, 4.69) is 36.5 Å². The molecule has 0 amide bonds. The second kappa shape index (κ2) is 8.83. The monoisotopic (exact) mass is 303 g/mol. The molecule has 21 heavy (non-hydrogen) atoms. The molecule has 0 aliphatic rings. The second-order valence-corrected chi connectivity index (χ2v) is 5.50. The Morgan fingerprint density at radius 1 is 1.00 bits per heavy atom. The van der Waals surface area contributed by atoms with Gasteiger partial charge in [0.1, 0.15) is 0 Å². The molecule has 0 aliphatic heterocycles. The molecule has 0 spiro atoms. The lowest BCUT2D eigenvalue weighted by atomic mass is 10.1. The fourth-order valence-corrected chi connectivity index (χ4v) is 2.39. The van der Waals surface area contributed by atoms with Crippen LogP contribution in [0.3, 0.4) is 0 Å². The summed E-state index contributed by atoms with van der Waals surface area (Å²) < 4.78 is 5.82. The summed E-state index contributed by atoms with van der Waals surface area (Å²) in [6.45, 7) is 5.31. The zero-order valence-corrected chi connectivity index (χ0v) is 13.2. The number of benzene rings is 2. The van der Waals surface area contributed by atoms with Gasteiger partial charge in [-0.3, -0.25) is 0 Å². The number of nitrogens with one attached hydrogen (secondary N) is 1. The summed E-state index contributed by atoms with van der Waals surface area (Å²) in [5.41, 5.74) is 3.64. The third-order valence-electron chi connectivity index (χ3n) is 3.28. The van der Waals surface area contributed by atoms with Gasteiger partial charge in [-0.1, -0.05) is 54.9 Å². The van der Waals surface area contributed by atoms with Gasteiger partial charge in [0.15, 0.2) is 0 Å². The molecule has 2 aromatic carbocycles. The lowest BCUT2D eigenvalue weighted by Crippen LogP contribution is -2.15. The molecule has 2 nitrogen and oxygen atoms in total. The summed E-state index contributed by atoms with van der Waals surface area (Å²) in [5.74, 6) is 0. The molecule has 2 aromatic rings. The van der Waals surface area contributed by atoms with Crippen LogP contribution in [0.5, 0.6) is 0 Å². The normalized spacial score (nSPS) is 10.8. The Bertz CT molecular complexity index is 556. The molecule has 0 saturated carbocycles. The smallest absolute Gasteiger partial charge is 0.0724 e. The van der Waals surface area contributed by atoms with Crippen molar-refractivity contribution in [1.29, 1.82) is 0 Å². The molecule has 0 aliphatic carbocycles. The zero-order valence-electron chi connectivity index (χ0n) is 12.4. The first-order valence-electron chi connectivity index (χ1n) is 7.39. The molecule has 0 bridgehead atoms. The van der Waals surface area contributed by atoms with E-state index in [0.29, 0.717) is 13.2 Å². The number of hydrogen-bond donors (Lipinski definition) is 1. The van der Waals surface area contributed by atoms with Gasteiger partial charge in [-0.2, -0.15) is 0 Å². The Morgan fingerprint density at radius 2 is 1.81 bits per heavy atom. The van der Waals surface area contributed by atoms with Crippen LogP contribution in [0.2, 0.25) is 5.02 Å². The van der Waals surface area contributed by atoms with E-state index >= 15 is 0 Å². The molecular weight excluding hydrogens is 282 g/mol. The second-order valence-electron chi connectivity index (χ2n) is 5.07. The first-order valence-corrected chi connectivity index (χ1v) is 7.77. The topological polar surface area (TPSA) is 21.3 Å². The standard InChI is InChI=1S/C18H22ClNO/c1-2-10-20-12-16-7-3-4-8-17(16)14-21-13-15-6-5-9-18(19)11-15/h3-9,11,20H,2,10,12-14H2,1H3. The van der Waals surface area contributed by atoms with Crippen molar-refractivity contribution in [3.63, 3.8) is 0 Å². The maximum Gasteiger partial charge on any atom is 0.0724 e. The van der Waals surface area contributed by atoms with Crippen LogP contribution in [0.4, 0.5) is 0 Å². The average molecular weight is 304 g/mol. The van der Waals surface area contributed by atoms with Gasteiger partial charge in [0, 0.05) is 11.6 Å². The molecular formula is C18H22ClNO. The van der Waals surface area contributed by atoms with Crippen LogP contribution < -0.4 is 5.32 Å². The molecule has 0 heterocycles. The first kappa shape index (κ1) is 16.0. The summed E-state index contributed by atoms with van der Waals surface area (Å²) in [7, 11) is 0. The lowest BCUT2D eigenvalue weighted by molar-refractivity contribution is 0.106. The Kier molecular flexibility index (Phi) is 6.74. The van der Waals surface area contributed by atoms with Gasteiger partial charge in [-0.15, -0.1) is 0 Å². The molecule has 0 fully saturated rings. The molecule has 112 valence electrons. The third-order valence-corrected chi connectivity index (χ3v) is 3.51. The lowest BCUT2D eigenvalue weighted by Gasteiger charge is -2.11. The third kappa shape index (κ3) is 5.50.